The molecular weight excluding hydrogens is 242 g/mol. The van der Waals surface area contributed by atoms with Crippen molar-refractivity contribution in [2.75, 3.05) is 20.6 Å². The highest BCUT2D eigenvalue weighted by Gasteiger charge is 2.27. The summed E-state index contributed by atoms with van der Waals surface area (Å²) >= 11 is 0. The number of carbonyl (C=O) groups is 2. The fraction of sp³-hybridized carbons (Fsp3) is 0.429. The summed E-state index contributed by atoms with van der Waals surface area (Å²) in [5, 5.41) is 2.83. The number of hydrogen-bond acceptors (Lipinski definition) is 2. The van der Waals surface area contributed by atoms with Gasteiger partial charge in [-0.15, -0.1) is 0 Å². The van der Waals surface area contributed by atoms with Gasteiger partial charge in [0.15, 0.2) is 0 Å². The Labute approximate surface area is 112 Å². The molecule has 0 spiro atoms. The predicted molar refractivity (Wildman–Crippen MR) is 73.8 cm³/mol. The molecule has 1 aromatic heterocycles. The van der Waals surface area contributed by atoms with Crippen LogP contribution >= 0.6 is 0 Å². The Morgan fingerprint density at radius 1 is 1.58 bits per heavy atom. The van der Waals surface area contributed by atoms with Crippen LogP contribution in [0.2, 0.25) is 0 Å². The normalized spacial score (nSPS) is 18.3. The first kappa shape index (κ1) is 13.4. The second kappa shape index (κ2) is 5.30. The van der Waals surface area contributed by atoms with Crippen molar-refractivity contribution in [2.45, 2.75) is 19.4 Å². The van der Waals surface area contributed by atoms with Crippen LogP contribution in [-0.4, -0.2) is 41.9 Å². The fourth-order valence-electron chi connectivity index (χ4n) is 2.22. The maximum Gasteiger partial charge on any atom is 0.268 e. The number of nitrogens with one attached hydrogen (secondary N) is 1. The van der Waals surface area contributed by atoms with Crippen molar-refractivity contribution < 1.29 is 9.59 Å². The average molecular weight is 261 g/mol. The summed E-state index contributed by atoms with van der Waals surface area (Å²) in [6, 6.07) is 1.84. The lowest BCUT2D eigenvalue weighted by atomic mass is 10.1. The number of hydrogen-bond donors (Lipinski definition) is 1. The summed E-state index contributed by atoms with van der Waals surface area (Å²) in [5.74, 6) is -0.0160. The van der Waals surface area contributed by atoms with Crippen LogP contribution in [0.15, 0.2) is 18.3 Å². The molecule has 1 atom stereocenters. The first-order chi connectivity index (χ1) is 9.02. The molecule has 1 aliphatic rings. The number of carbonyl (C=O) groups excluding carboxylic acids is 2. The van der Waals surface area contributed by atoms with Crippen LogP contribution in [0, 0.1) is 0 Å². The Morgan fingerprint density at radius 3 is 2.95 bits per heavy atom. The van der Waals surface area contributed by atoms with Gasteiger partial charge in [0.2, 0.25) is 5.91 Å². The molecule has 0 fully saturated rings. The van der Waals surface area contributed by atoms with Gasteiger partial charge in [-0.05, 0) is 18.6 Å². The van der Waals surface area contributed by atoms with Crippen molar-refractivity contribution in [1.82, 2.24) is 14.8 Å². The van der Waals surface area contributed by atoms with Crippen molar-refractivity contribution in [1.29, 1.82) is 0 Å². The van der Waals surface area contributed by atoms with Gasteiger partial charge in [-0.3, -0.25) is 9.59 Å². The lowest BCUT2D eigenvalue weighted by Gasteiger charge is -2.26. The van der Waals surface area contributed by atoms with Gasteiger partial charge in [-0.2, -0.15) is 0 Å². The largest absolute Gasteiger partial charge is 0.349 e. The van der Waals surface area contributed by atoms with Crippen LogP contribution in [0.1, 0.15) is 35.4 Å². The van der Waals surface area contributed by atoms with Gasteiger partial charge in [-0.25, -0.2) is 0 Å². The van der Waals surface area contributed by atoms with Gasteiger partial charge < -0.3 is 14.8 Å². The van der Waals surface area contributed by atoms with E-state index >= 15 is 0 Å². The van der Waals surface area contributed by atoms with Crippen LogP contribution in [0.25, 0.3) is 6.08 Å². The van der Waals surface area contributed by atoms with Gasteiger partial charge >= 0.3 is 0 Å². The Balaban J connectivity index is 2.28. The van der Waals surface area contributed by atoms with E-state index in [0.717, 1.165) is 5.56 Å². The van der Waals surface area contributed by atoms with Gasteiger partial charge in [0.25, 0.3) is 5.91 Å². The first-order valence-corrected chi connectivity index (χ1v) is 6.36. The van der Waals surface area contributed by atoms with E-state index in [1.807, 2.05) is 35.9 Å². The molecule has 0 saturated carbocycles. The monoisotopic (exact) mass is 261 g/mol. The molecule has 0 aromatic carbocycles. The first-order valence-electron chi connectivity index (χ1n) is 6.36. The molecule has 2 amide bonds. The molecule has 1 N–H and O–H groups in total. The second-order valence-corrected chi connectivity index (χ2v) is 4.92. The minimum atomic E-state index is -0.0793. The topological polar surface area (TPSA) is 54.3 Å². The zero-order valence-corrected chi connectivity index (χ0v) is 11.5. The van der Waals surface area contributed by atoms with Crippen LogP contribution < -0.4 is 5.32 Å². The third-order valence-corrected chi connectivity index (χ3v) is 3.26. The van der Waals surface area contributed by atoms with E-state index in [9.17, 15) is 9.59 Å². The van der Waals surface area contributed by atoms with Crippen LogP contribution in [0.5, 0.6) is 0 Å². The molecule has 1 aromatic rings. The highest BCUT2D eigenvalue weighted by molar-refractivity contribution is 5.94. The highest BCUT2D eigenvalue weighted by Crippen LogP contribution is 2.23. The quantitative estimate of drug-likeness (QED) is 0.891. The molecule has 2 rings (SSSR count). The van der Waals surface area contributed by atoms with Gasteiger partial charge in [-0.1, -0.05) is 12.2 Å². The summed E-state index contributed by atoms with van der Waals surface area (Å²) in [6.45, 7) is 2.43. The Morgan fingerprint density at radius 2 is 2.32 bits per heavy atom. The fourth-order valence-corrected chi connectivity index (χ4v) is 2.22. The lowest BCUT2D eigenvalue weighted by molar-refractivity contribution is -0.129. The molecule has 5 heteroatoms. The SMILES string of the molecule is C/C=C/c1cc2n(c1)C(CC(=O)N(C)C)CNC2=O. The Hall–Kier alpha value is -2.04. The van der Waals surface area contributed by atoms with E-state index in [1.54, 1.807) is 19.0 Å². The summed E-state index contributed by atoms with van der Waals surface area (Å²) in [7, 11) is 3.48. The van der Waals surface area contributed by atoms with Crippen molar-refractivity contribution in [3.05, 3.63) is 29.6 Å². The molecule has 0 radical (unpaired) electrons. The van der Waals surface area contributed by atoms with Crippen molar-refractivity contribution in [3.8, 4) is 0 Å². The summed E-state index contributed by atoms with van der Waals surface area (Å²) in [5.41, 5.74) is 1.60. The highest BCUT2D eigenvalue weighted by atomic mass is 16.2. The number of aromatic nitrogens is 1. The number of fused-ring (bicyclic) bond motifs is 1. The molecule has 1 aliphatic heterocycles. The standard InChI is InChI=1S/C14H19N3O2/c1-4-5-10-6-12-14(19)15-8-11(17(12)9-10)7-13(18)16(2)3/h4-6,9,11H,7-8H2,1-3H3,(H,15,19)/b5-4+. The average Bonchev–Trinajstić information content (AvgIpc) is 2.78. The van der Waals surface area contributed by atoms with Gasteiger partial charge in [0, 0.05) is 33.3 Å². The van der Waals surface area contributed by atoms with Gasteiger partial charge in [0.05, 0.1) is 6.04 Å². The molecule has 19 heavy (non-hydrogen) atoms. The molecule has 0 bridgehead atoms. The molecular formula is C14H19N3O2. The molecule has 0 aliphatic carbocycles. The van der Waals surface area contributed by atoms with Crippen LogP contribution in [0.3, 0.4) is 0 Å². The molecule has 5 nitrogen and oxygen atoms in total. The van der Waals surface area contributed by atoms with Gasteiger partial charge in [0.1, 0.15) is 5.69 Å². The molecule has 2 heterocycles. The summed E-state index contributed by atoms with van der Waals surface area (Å²) in [6.07, 6.45) is 6.20. The van der Waals surface area contributed by atoms with E-state index in [-0.39, 0.29) is 17.9 Å². The molecule has 1 unspecified atom stereocenters. The third kappa shape index (κ3) is 2.70. The van der Waals surface area contributed by atoms with E-state index in [1.165, 1.54) is 0 Å². The summed E-state index contributed by atoms with van der Waals surface area (Å²) < 4.78 is 1.91. The lowest BCUT2D eigenvalue weighted by Crippen LogP contribution is -2.40. The molecule has 0 saturated heterocycles. The van der Waals surface area contributed by atoms with Crippen molar-refractivity contribution in [2.24, 2.45) is 0 Å². The maximum atomic E-state index is 11.8. The zero-order chi connectivity index (χ0) is 14.0. The number of amides is 2. The predicted octanol–water partition coefficient (Wildman–Crippen LogP) is 1.28. The second-order valence-electron chi connectivity index (χ2n) is 4.92. The number of rotatable bonds is 3. The smallest absolute Gasteiger partial charge is 0.268 e. The third-order valence-electron chi connectivity index (χ3n) is 3.26. The number of nitrogens with zero attached hydrogens (tertiary/aromatic N) is 2. The maximum absolute atomic E-state index is 11.8. The Bertz CT molecular complexity index is 529. The van der Waals surface area contributed by atoms with E-state index < -0.39 is 0 Å². The van der Waals surface area contributed by atoms with Crippen LogP contribution in [0.4, 0.5) is 0 Å². The van der Waals surface area contributed by atoms with E-state index in [4.69, 9.17) is 0 Å². The number of allylic oxidation sites excluding steroid dienone is 1. The Kier molecular flexibility index (Phi) is 3.74. The minimum Gasteiger partial charge on any atom is -0.349 e. The van der Waals surface area contributed by atoms with Crippen LogP contribution in [-0.2, 0) is 4.79 Å². The summed E-state index contributed by atoms with van der Waals surface area (Å²) in [4.78, 5) is 25.2. The van der Waals surface area contributed by atoms with E-state index in [0.29, 0.717) is 18.7 Å². The van der Waals surface area contributed by atoms with Crippen molar-refractivity contribution >= 4 is 17.9 Å². The minimum absolute atomic E-state index is 0.0124. The van der Waals surface area contributed by atoms with Crippen molar-refractivity contribution in [3.63, 3.8) is 0 Å². The molecule has 102 valence electrons. The van der Waals surface area contributed by atoms with E-state index in [2.05, 4.69) is 5.32 Å². The zero-order valence-electron chi connectivity index (χ0n) is 11.5.